The maximum absolute atomic E-state index is 13.2. The van der Waals surface area contributed by atoms with Gasteiger partial charge in [0.1, 0.15) is 5.75 Å². The van der Waals surface area contributed by atoms with Gasteiger partial charge in [0, 0.05) is 18.5 Å². The number of amides is 1. The number of hydrogen-bond acceptors (Lipinski definition) is 5. The van der Waals surface area contributed by atoms with Gasteiger partial charge in [0.2, 0.25) is 0 Å². The molecular formula is C25H29NO5. The Labute approximate surface area is 183 Å². The van der Waals surface area contributed by atoms with E-state index in [1.807, 2.05) is 62.4 Å². The van der Waals surface area contributed by atoms with Gasteiger partial charge in [-0.05, 0) is 31.9 Å². The number of aryl methyl sites for hydroxylation is 1. The highest BCUT2D eigenvalue weighted by atomic mass is 16.5. The predicted octanol–water partition coefficient (Wildman–Crippen LogP) is 4.02. The molecule has 2 aromatic carbocycles. The zero-order valence-corrected chi connectivity index (χ0v) is 18.2. The van der Waals surface area contributed by atoms with Gasteiger partial charge in [-0.2, -0.15) is 0 Å². The number of rotatable bonds is 10. The molecule has 1 heterocycles. The minimum absolute atomic E-state index is 0.0101. The molecule has 31 heavy (non-hydrogen) atoms. The molecule has 6 nitrogen and oxygen atoms in total. The Kier molecular flexibility index (Phi) is 7.47. The summed E-state index contributed by atoms with van der Waals surface area (Å²) >= 11 is 0. The molecule has 0 aromatic heterocycles. The molecule has 0 spiro atoms. The van der Waals surface area contributed by atoms with Gasteiger partial charge in [-0.15, -0.1) is 0 Å². The first-order valence-electron chi connectivity index (χ1n) is 10.5. The normalized spacial score (nSPS) is 16.3. The van der Waals surface area contributed by atoms with Crippen LogP contribution in [0.25, 0.3) is 0 Å². The van der Waals surface area contributed by atoms with Crippen molar-refractivity contribution in [2.24, 2.45) is 0 Å². The Morgan fingerprint density at radius 3 is 2.45 bits per heavy atom. The Bertz CT molecular complexity index is 951. The third-order valence-corrected chi connectivity index (χ3v) is 5.30. The average Bonchev–Trinajstić information content (AvgIpc) is 3.03. The van der Waals surface area contributed by atoms with Crippen LogP contribution in [0.4, 0.5) is 0 Å². The van der Waals surface area contributed by atoms with Crippen LogP contribution in [0.2, 0.25) is 0 Å². The molecule has 1 N–H and O–H groups in total. The number of aliphatic hydroxyl groups is 1. The van der Waals surface area contributed by atoms with Gasteiger partial charge in [-0.25, -0.2) is 0 Å². The first-order valence-corrected chi connectivity index (χ1v) is 10.5. The lowest BCUT2D eigenvalue weighted by molar-refractivity contribution is -0.130. The van der Waals surface area contributed by atoms with Crippen LogP contribution in [0.5, 0.6) is 5.75 Å². The smallest absolute Gasteiger partial charge is 0.290 e. The summed E-state index contributed by atoms with van der Waals surface area (Å²) in [5.74, 6) is -0.749. The highest BCUT2D eigenvalue weighted by Gasteiger charge is 2.44. The fourth-order valence-electron chi connectivity index (χ4n) is 3.81. The summed E-state index contributed by atoms with van der Waals surface area (Å²) in [6, 6.07) is 16.2. The molecular weight excluding hydrogens is 394 g/mol. The van der Waals surface area contributed by atoms with E-state index in [0.717, 1.165) is 5.56 Å². The van der Waals surface area contributed by atoms with Crippen molar-refractivity contribution in [3.05, 3.63) is 77.1 Å². The van der Waals surface area contributed by atoms with Gasteiger partial charge in [0.15, 0.2) is 11.5 Å². The van der Waals surface area contributed by atoms with Crippen molar-refractivity contribution in [1.82, 2.24) is 4.90 Å². The molecule has 164 valence electrons. The van der Waals surface area contributed by atoms with Crippen molar-refractivity contribution in [2.45, 2.75) is 38.8 Å². The van der Waals surface area contributed by atoms with Gasteiger partial charge in [0.05, 0.1) is 31.4 Å². The molecule has 0 saturated heterocycles. The van der Waals surface area contributed by atoms with Crippen LogP contribution in [0.15, 0.2) is 65.9 Å². The summed E-state index contributed by atoms with van der Waals surface area (Å²) in [4.78, 5) is 27.6. The molecule has 0 radical (unpaired) electrons. The van der Waals surface area contributed by atoms with Gasteiger partial charge < -0.3 is 19.5 Å². The third kappa shape index (κ3) is 5.14. The predicted molar refractivity (Wildman–Crippen MR) is 118 cm³/mol. The lowest BCUT2D eigenvalue weighted by Crippen LogP contribution is -2.34. The van der Waals surface area contributed by atoms with Crippen molar-refractivity contribution >= 4 is 11.7 Å². The number of benzene rings is 2. The second-order valence-corrected chi connectivity index (χ2v) is 7.73. The molecule has 1 aliphatic rings. The average molecular weight is 424 g/mol. The van der Waals surface area contributed by atoms with Crippen LogP contribution < -0.4 is 4.74 Å². The number of para-hydroxylation sites is 1. The van der Waals surface area contributed by atoms with Crippen molar-refractivity contribution in [1.29, 1.82) is 0 Å². The number of ether oxygens (including phenoxy) is 2. The van der Waals surface area contributed by atoms with E-state index < -0.39 is 17.7 Å². The quantitative estimate of drug-likeness (QED) is 0.625. The van der Waals surface area contributed by atoms with Crippen LogP contribution in [-0.2, 0) is 20.7 Å². The van der Waals surface area contributed by atoms with E-state index in [-0.39, 0.29) is 30.4 Å². The van der Waals surface area contributed by atoms with Gasteiger partial charge in [-0.3, -0.25) is 9.59 Å². The monoisotopic (exact) mass is 423 g/mol. The first kappa shape index (κ1) is 22.6. The van der Waals surface area contributed by atoms with Crippen molar-refractivity contribution < 1.29 is 24.2 Å². The number of hydrogen-bond donors (Lipinski definition) is 1. The van der Waals surface area contributed by atoms with E-state index in [1.54, 1.807) is 13.2 Å². The number of carbonyl (C=O) groups excluding carboxylic acids is 2. The minimum atomic E-state index is -0.720. The Hall–Kier alpha value is -3.12. The third-order valence-electron chi connectivity index (χ3n) is 5.30. The number of methoxy groups -OCH3 is 1. The SMILES string of the molecule is COc1ccccc1C1C(C(=O)CCc2ccccc2)=C(O)C(=O)N1CCOC(C)C. The maximum Gasteiger partial charge on any atom is 0.290 e. The number of aliphatic hydroxyl groups excluding tert-OH is 1. The van der Waals surface area contributed by atoms with Gasteiger partial charge in [0.25, 0.3) is 5.91 Å². The summed E-state index contributed by atoms with van der Waals surface area (Å²) in [6.07, 6.45) is 0.731. The largest absolute Gasteiger partial charge is 0.503 e. The van der Waals surface area contributed by atoms with Crippen LogP contribution in [0.3, 0.4) is 0 Å². The van der Waals surface area contributed by atoms with E-state index in [9.17, 15) is 14.7 Å². The lowest BCUT2D eigenvalue weighted by Gasteiger charge is -2.28. The van der Waals surface area contributed by atoms with E-state index in [4.69, 9.17) is 9.47 Å². The van der Waals surface area contributed by atoms with E-state index in [0.29, 0.717) is 24.3 Å². The van der Waals surface area contributed by atoms with Gasteiger partial charge in [-0.1, -0.05) is 48.5 Å². The molecule has 3 rings (SSSR count). The highest BCUT2D eigenvalue weighted by Crippen LogP contribution is 2.41. The fourth-order valence-corrected chi connectivity index (χ4v) is 3.81. The summed E-state index contributed by atoms with van der Waals surface area (Å²) in [7, 11) is 1.54. The van der Waals surface area contributed by atoms with Crippen LogP contribution in [0, 0.1) is 0 Å². The minimum Gasteiger partial charge on any atom is -0.503 e. The van der Waals surface area contributed by atoms with E-state index >= 15 is 0 Å². The zero-order valence-electron chi connectivity index (χ0n) is 18.2. The molecule has 0 bridgehead atoms. The van der Waals surface area contributed by atoms with Crippen LogP contribution >= 0.6 is 0 Å². The molecule has 2 aromatic rings. The standard InChI is InChI=1S/C25H29NO5/c1-17(2)31-16-15-26-23(19-11-7-8-12-21(19)30-3)22(24(28)25(26)29)20(27)14-13-18-9-5-4-6-10-18/h4-12,17,23,28H,13-16H2,1-3H3. The Balaban J connectivity index is 1.91. The number of Topliss-reactive ketones (excluding diaryl/α,β-unsaturated/α-hetero) is 1. The molecule has 1 atom stereocenters. The molecule has 1 amide bonds. The second kappa shape index (κ2) is 10.3. The molecule has 0 aliphatic carbocycles. The molecule has 1 aliphatic heterocycles. The van der Waals surface area contributed by atoms with Crippen LogP contribution in [0.1, 0.15) is 37.4 Å². The van der Waals surface area contributed by atoms with Crippen LogP contribution in [-0.4, -0.2) is 48.1 Å². The van der Waals surface area contributed by atoms with Crippen molar-refractivity contribution in [3.63, 3.8) is 0 Å². The summed E-state index contributed by atoms with van der Waals surface area (Å²) < 4.78 is 11.1. The topological polar surface area (TPSA) is 76.1 Å². The number of nitrogens with zero attached hydrogens (tertiary/aromatic N) is 1. The number of ketones is 1. The Morgan fingerprint density at radius 1 is 1.10 bits per heavy atom. The lowest BCUT2D eigenvalue weighted by atomic mass is 9.92. The van der Waals surface area contributed by atoms with E-state index in [2.05, 4.69) is 0 Å². The van der Waals surface area contributed by atoms with Crippen molar-refractivity contribution in [3.8, 4) is 5.75 Å². The summed E-state index contributed by atoms with van der Waals surface area (Å²) in [6.45, 7) is 4.38. The van der Waals surface area contributed by atoms with Gasteiger partial charge >= 0.3 is 0 Å². The molecule has 6 heteroatoms. The molecule has 0 fully saturated rings. The molecule has 1 unspecified atom stereocenters. The zero-order chi connectivity index (χ0) is 22.4. The molecule has 0 saturated carbocycles. The number of carbonyl (C=O) groups is 2. The van der Waals surface area contributed by atoms with E-state index in [1.165, 1.54) is 4.90 Å². The Morgan fingerprint density at radius 2 is 1.77 bits per heavy atom. The summed E-state index contributed by atoms with van der Waals surface area (Å²) in [5.41, 5.74) is 1.81. The second-order valence-electron chi connectivity index (χ2n) is 7.73. The maximum atomic E-state index is 13.2. The fraction of sp³-hybridized carbons (Fsp3) is 0.360. The highest BCUT2D eigenvalue weighted by molar-refractivity contribution is 6.09. The summed E-state index contributed by atoms with van der Waals surface area (Å²) in [5, 5.41) is 10.7. The van der Waals surface area contributed by atoms with Crippen molar-refractivity contribution in [2.75, 3.05) is 20.3 Å². The first-order chi connectivity index (χ1) is 14.9.